The number of carbonyl (C=O) groups is 2. The van der Waals surface area contributed by atoms with Crippen LogP contribution in [0, 0.1) is 5.92 Å². The number of ether oxygens (including phenoxy) is 1. The largest absolute Gasteiger partial charge is 0.495 e. The molecule has 1 aliphatic heterocycles. The second-order valence-electron chi connectivity index (χ2n) is 4.97. The number of carboxylic acids is 1. The summed E-state index contributed by atoms with van der Waals surface area (Å²) in [5.74, 6) is -0.654. The van der Waals surface area contributed by atoms with Crippen LogP contribution < -0.4 is 10.1 Å². The van der Waals surface area contributed by atoms with Crippen LogP contribution in [-0.2, 0) is 11.3 Å². The molecule has 0 spiro atoms. The summed E-state index contributed by atoms with van der Waals surface area (Å²) >= 11 is 0. The normalized spacial score (nSPS) is 18.1. The van der Waals surface area contributed by atoms with Gasteiger partial charge in [0.15, 0.2) is 0 Å². The summed E-state index contributed by atoms with van der Waals surface area (Å²) in [5.41, 5.74) is 0.718. The van der Waals surface area contributed by atoms with E-state index in [0.717, 1.165) is 5.69 Å². The predicted molar refractivity (Wildman–Crippen MR) is 75.0 cm³/mol. The second-order valence-corrected chi connectivity index (χ2v) is 4.97. The number of carbonyl (C=O) groups excluding carboxylic acids is 1. The number of aromatic nitrogens is 1. The zero-order valence-corrected chi connectivity index (χ0v) is 11.9. The molecule has 1 fully saturated rings. The maximum Gasteiger partial charge on any atom is 0.317 e. The van der Waals surface area contributed by atoms with Gasteiger partial charge >= 0.3 is 12.0 Å². The van der Waals surface area contributed by atoms with E-state index in [2.05, 4.69) is 10.3 Å². The first kappa shape index (κ1) is 15.1. The van der Waals surface area contributed by atoms with Gasteiger partial charge in [0.25, 0.3) is 0 Å². The van der Waals surface area contributed by atoms with Crippen molar-refractivity contribution in [3.63, 3.8) is 0 Å². The fourth-order valence-corrected chi connectivity index (χ4v) is 2.28. The van der Waals surface area contributed by atoms with Gasteiger partial charge in [-0.1, -0.05) is 0 Å². The Labute approximate surface area is 122 Å². The van der Waals surface area contributed by atoms with Crippen LogP contribution >= 0.6 is 0 Å². The van der Waals surface area contributed by atoms with Crippen molar-refractivity contribution in [3.8, 4) is 5.75 Å². The minimum atomic E-state index is -0.843. The summed E-state index contributed by atoms with van der Waals surface area (Å²) in [7, 11) is 1.56. The first-order valence-corrected chi connectivity index (χ1v) is 6.84. The molecule has 1 saturated heterocycles. The van der Waals surface area contributed by atoms with Crippen molar-refractivity contribution >= 4 is 12.0 Å². The number of piperidine rings is 1. The van der Waals surface area contributed by atoms with E-state index in [9.17, 15) is 9.59 Å². The molecule has 114 valence electrons. The highest BCUT2D eigenvalue weighted by Gasteiger charge is 2.27. The Morgan fingerprint density at radius 1 is 1.52 bits per heavy atom. The van der Waals surface area contributed by atoms with E-state index < -0.39 is 11.9 Å². The van der Waals surface area contributed by atoms with E-state index >= 15 is 0 Å². The van der Waals surface area contributed by atoms with Crippen molar-refractivity contribution < 1.29 is 19.4 Å². The lowest BCUT2D eigenvalue weighted by molar-refractivity contribution is -0.143. The fraction of sp³-hybridized carbons (Fsp3) is 0.500. The predicted octanol–water partition coefficient (Wildman–Crippen LogP) is 1.10. The molecular formula is C14H19N3O4. The van der Waals surface area contributed by atoms with Gasteiger partial charge in [0.1, 0.15) is 5.75 Å². The molecule has 0 aliphatic carbocycles. The van der Waals surface area contributed by atoms with Crippen molar-refractivity contribution in [3.05, 3.63) is 24.0 Å². The van der Waals surface area contributed by atoms with Crippen molar-refractivity contribution in [2.75, 3.05) is 20.2 Å². The molecule has 0 saturated carbocycles. The van der Waals surface area contributed by atoms with Gasteiger partial charge in [0.2, 0.25) is 0 Å². The first-order chi connectivity index (χ1) is 10.1. The number of hydrogen-bond donors (Lipinski definition) is 2. The van der Waals surface area contributed by atoms with Crippen LogP contribution in [0.3, 0.4) is 0 Å². The number of pyridine rings is 1. The van der Waals surface area contributed by atoms with Gasteiger partial charge in [-0.15, -0.1) is 0 Å². The molecule has 1 unspecified atom stereocenters. The summed E-state index contributed by atoms with van der Waals surface area (Å²) in [6.07, 6.45) is 2.92. The summed E-state index contributed by atoms with van der Waals surface area (Å²) < 4.78 is 5.01. The molecule has 2 N–H and O–H groups in total. The van der Waals surface area contributed by atoms with Gasteiger partial charge in [-0.2, -0.15) is 0 Å². The number of amides is 2. The lowest BCUT2D eigenvalue weighted by Crippen LogP contribution is -2.46. The Balaban J connectivity index is 1.84. The lowest BCUT2D eigenvalue weighted by Gasteiger charge is -2.30. The SMILES string of the molecule is COc1ccc(CNC(=O)N2CCCC(C(=O)O)C2)nc1. The number of likely N-dealkylation sites (tertiary alicyclic amines) is 1. The molecule has 1 aromatic heterocycles. The Kier molecular flexibility index (Phi) is 4.97. The highest BCUT2D eigenvalue weighted by Crippen LogP contribution is 2.16. The standard InChI is InChI=1S/C14H19N3O4/c1-21-12-5-4-11(15-8-12)7-16-14(20)17-6-2-3-10(9-17)13(18)19/h4-5,8,10H,2-3,6-7,9H2,1H3,(H,16,20)(H,18,19). The van der Waals surface area contributed by atoms with E-state index in [4.69, 9.17) is 9.84 Å². The number of nitrogens with one attached hydrogen (secondary N) is 1. The van der Waals surface area contributed by atoms with Gasteiger partial charge in [0, 0.05) is 13.1 Å². The van der Waals surface area contributed by atoms with Crippen molar-refractivity contribution in [1.29, 1.82) is 0 Å². The van der Waals surface area contributed by atoms with E-state index in [0.29, 0.717) is 31.7 Å². The molecule has 2 rings (SSSR count). The number of aliphatic carboxylic acids is 1. The van der Waals surface area contributed by atoms with Crippen LogP contribution in [0.25, 0.3) is 0 Å². The van der Waals surface area contributed by atoms with Gasteiger partial charge in [-0.25, -0.2) is 4.79 Å². The third kappa shape index (κ3) is 4.08. The number of rotatable bonds is 4. The second kappa shape index (κ2) is 6.92. The molecule has 0 radical (unpaired) electrons. The van der Waals surface area contributed by atoms with Gasteiger partial charge in [-0.05, 0) is 25.0 Å². The van der Waals surface area contributed by atoms with Crippen LogP contribution in [0.2, 0.25) is 0 Å². The van der Waals surface area contributed by atoms with Gasteiger partial charge < -0.3 is 20.1 Å². The summed E-state index contributed by atoms with van der Waals surface area (Å²) in [6.45, 7) is 1.15. The first-order valence-electron chi connectivity index (χ1n) is 6.84. The highest BCUT2D eigenvalue weighted by atomic mass is 16.5. The van der Waals surface area contributed by atoms with E-state index in [-0.39, 0.29) is 12.6 Å². The smallest absolute Gasteiger partial charge is 0.317 e. The Hall–Kier alpha value is -2.31. The monoisotopic (exact) mass is 293 g/mol. The van der Waals surface area contributed by atoms with E-state index in [1.807, 2.05) is 0 Å². The molecule has 1 aromatic rings. The number of hydrogen-bond acceptors (Lipinski definition) is 4. The fourth-order valence-electron chi connectivity index (χ4n) is 2.28. The van der Waals surface area contributed by atoms with E-state index in [1.165, 1.54) is 0 Å². The molecule has 7 nitrogen and oxygen atoms in total. The summed E-state index contributed by atoms with van der Waals surface area (Å²) in [4.78, 5) is 28.7. The Morgan fingerprint density at radius 2 is 2.33 bits per heavy atom. The summed E-state index contributed by atoms with van der Waals surface area (Å²) in [6, 6.07) is 3.30. The quantitative estimate of drug-likeness (QED) is 0.867. The molecular weight excluding hydrogens is 274 g/mol. The van der Waals surface area contributed by atoms with Crippen LogP contribution in [-0.4, -0.2) is 47.2 Å². The van der Waals surface area contributed by atoms with Gasteiger partial charge in [-0.3, -0.25) is 9.78 Å². The average molecular weight is 293 g/mol. The van der Waals surface area contributed by atoms with E-state index in [1.54, 1.807) is 30.3 Å². The molecule has 21 heavy (non-hydrogen) atoms. The minimum Gasteiger partial charge on any atom is -0.495 e. The Bertz CT molecular complexity index is 503. The molecule has 7 heteroatoms. The maximum atomic E-state index is 12.0. The molecule has 1 atom stereocenters. The average Bonchev–Trinajstić information content (AvgIpc) is 2.53. The zero-order chi connectivity index (χ0) is 15.2. The van der Waals surface area contributed by atoms with Gasteiger partial charge in [0.05, 0.1) is 31.5 Å². The molecule has 0 bridgehead atoms. The molecule has 1 aliphatic rings. The molecule has 2 heterocycles. The van der Waals surface area contributed by atoms with Crippen molar-refractivity contribution in [2.45, 2.75) is 19.4 Å². The van der Waals surface area contributed by atoms with Crippen molar-refractivity contribution in [2.24, 2.45) is 5.92 Å². The van der Waals surface area contributed by atoms with Crippen LogP contribution in [0.5, 0.6) is 5.75 Å². The topological polar surface area (TPSA) is 91.8 Å². The third-order valence-corrected chi connectivity index (χ3v) is 3.51. The molecule has 2 amide bonds. The Morgan fingerprint density at radius 3 is 2.95 bits per heavy atom. The van der Waals surface area contributed by atoms with Crippen LogP contribution in [0.4, 0.5) is 4.79 Å². The lowest BCUT2D eigenvalue weighted by atomic mass is 9.99. The highest BCUT2D eigenvalue weighted by molar-refractivity contribution is 5.76. The zero-order valence-electron chi connectivity index (χ0n) is 11.9. The van der Waals surface area contributed by atoms with Crippen LogP contribution in [0.15, 0.2) is 18.3 Å². The molecule has 0 aromatic carbocycles. The number of methoxy groups -OCH3 is 1. The number of urea groups is 1. The maximum absolute atomic E-state index is 12.0. The third-order valence-electron chi connectivity index (χ3n) is 3.51. The summed E-state index contributed by atoms with van der Waals surface area (Å²) in [5, 5.41) is 11.8. The minimum absolute atomic E-state index is 0.251. The number of carboxylic acid groups (broad SMARTS) is 1. The van der Waals surface area contributed by atoms with Crippen LogP contribution in [0.1, 0.15) is 18.5 Å². The van der Waals surface area contributed by atoms with Crippen molar-refractivity contribution in [1.82, 2.24) is 15.2 Å². The number of nitrogens with zero attached hydrogens (tertiary/aromatic N) is 2.